The van der Waals surface area contributed by atoms with Crippen molar-refractivity contribution in [1.29, 1.82) is 10.5 Å². The van der Waals surface area contributed by atoms with Crippen LogP contribution in [0.4, 0.5) is 5.69 Å². The van der Waals surface area contributed by atoms with Gasteiger partial charge >= 0.3 is 0 Å². The zero-order valence-electron chi connectivity index (χ0n) is 38.6. The number of likely N-dealkylation sites (tertiary alicyclic amines) is 1. The lowest BCUT2D eigenvalue weighted by molar-refractivity contribution is -0.164. The number of anilines is 1. The number of aliphatic hydroxyl groups is 1. The first-order valence-electron chi connectivity index (χ1n) is 22.2. The van der Waals surface area contributed by atoms with Gasteiger partial charge in [0.25, 0.3) is 5.91 Å². The van der Waals surface area contributed by atoms with Crippen molar-refractivity contribution in [1.82, 2.24) is 15.5 Å². The number of hydrogen-bond acceptors (Lipinski definition) is 10. The van der Waals surface area contributed by atoms with E-state index in [0.717, 1.165) is 22.4 Å². The quantitative estimate of drug-likeness (QED) is 0.0772. The minimum atomic E-state index is -0.956. The molecule has 6 rings (SSSR count). The standard InChI is InChI=1S/C52H59ClN6O7/c1-50(2,3)45(47(64)59-30-39(60)26-42(59)43(61)23-12-32-8-10-33(28-54)11-9-32)57-44(62)31-65-25-24-56-38-20-17-35(18-21-38)34-13-15-36(16-14-34)46(63)58-48-51(4,5)49(52(48,6)7)66-40-22-19-37(29-55)41(53)27-40/h8-11,13-22,27,39,42,45,48-49,56,60H,12,23-26,30-31H2,1-7H3,(H,57,62)(H,58,63)/t39-,42+,45-,48?,49?/m1/s1. The van der Waals surface area contributed by atoms with Gasteiger partial charge in [0.1, 0.15) is 30.6 Å². The van der Waals surface area contributed by atoms with E-state index in [9.17, 15) is 29.5 Å². The fraction of sp³-hybridized carbons (Fsp3) is 0.423. The predicted octanol–water partition coefficient (Wildman–Crippen LogP) is 7.49. The number of carbonyl (C=O) groups is 4. The third-order valence-electron chi connectivity index (χ3n) is 12.7. The maximum absolute atomic E-state index is 13.9. The van der Waals surface area contributed by atoms with E-state index >= 15 is 0 Å². The summed E-state index contributed by atoms with van der Waals surface area (Å²) in [5, 5.41) is 38.5. The highest BCUT2D eigenvalue weighted by Gasteiger charge is 2.64. The Bertz CT molecular complexity index is 2470. The van der Waals surface area contributed by atoms with Gasteiger partial charge in [0.2, 0.25) is 11.8 Å². The number of rotatable bonds is 17. The van der Waals surface area contributed by atoms with Crippen molar-refractivity contribution in [3.05, 3.63) is 118 Å². The lowest BCUT2D eigenvalue weighted by atomic mass is 9.49. The second kappa shape index (κ2) is 20.5. The molecule has 1 saturated heterocycles. The van der Waals surface area contributed by atoms with Crippen molar-refractivity contribution < 1.29 is 33.8 Å². The molecule has 4 aromatic carbocycles. The zero-order chi connectivity index (χ0) is 48.0. The molecule has 0 aromatic heterocycles. The minimum Gasteiger partial charge on any atom is -0.489 e. The number of halogens is 1. The topological polar surface area (TPSA) is 194 Å². The van der Waals surface area contributed by atoms with Gasteiger partial charge in [-0.05, 0) is 77.1 Å². The maximum Gasteiger partial charge on any atom is 0.251 e. The van der Waals surface area contributed by atoms with E-state index in [1.54, 1.807) is 42.5 Å². The number of Topliss-reactive ketones (excluding diaryl/α,β-unsaturated/α-hetero) is 1. The number of ketones is 1. The van der Waals surface area contributed by atoms with Crippen LogP contribution in [0.5, 0.6) is 5.75 Å². The van der Waals surface area contributed by atoms with Crippen LogP contribution in [-0.2, 0) is 25.5 Å². The fourth-order valence-corrected chi connectivity index (χ4v) is 9.61. The summed E-state index contributed by atoms with van der Waals surface area (Å²) in [5.74, 6) is -0.668. The smallest absolute Gasteiger partial charge is 0.251 e. The number of nitrogens with zero attached hydrogens (tertiary/aromatic N) is 3. The maximum atomic E-state index is 13.9. The van der Waals surface area contributed by atoms with Crippen LogP contribution in [-0.4, -0.2) is 90.1 Å². The lowest BCUT2D eigenvalue weighted by Gasteiger charge is -2.63. The van der Waals surface area contributed by atoms with Gasteiger partial charge in [-0.25, -0.2) is 0 Å². The Balaban J connectivity index is 0.936. The molecule has 1 aliphatic carbocycles. The van der Waals surface area contributed by atoms with Crippen LogP contribution >= 0.6 is 11.6 Å². The van der Waals surface area contributed by atoms with E-state index in [1.807, 2.05) is 69.3 Å². The third kappa shape index (κ3) is 11.4. The number of benzene rings is 4. The molecule has 0 radical (unpaired) electrons. The first-order valence-corrected chi connectivity index (χ1v) is 22.6. The van der Waals surface area contributed by atoms with Gasteiger partial charge in [-0.2, -0.15) is 10.5 Å². The molecule has 1 aliphatic heterocycles. The van der Waals surface area contributed by atoms with E-state index in [0.29, 0.717) is 40.4 Å². The summed E-state index contributed by atoms with van der Waals surface area (Å²) in [6, 6.07) is 29.5. The molecule has 346 valence electrons. The SMILES string of the molecule is CC1(C)C(NC(=O)c2ccc(-c3ccc(NCCOCC(=O)N[C@H](C(=O)N4C[C@H](O)C[C@H]4C(=O)CCc4ccc(C#N)cc4)C(C)(C)C)cc3)cc2)C(C)(C)C1Oc1ccc(C#N)c(Cl)c1. The van der Waals surface area contributed by atoms with Crippen LogP contribution in [0.3, 0.4) is 0 Å². The Morgan fingerprint density at radius 1 is 0.894 bits per heavy atom. The molecule has 66 heavy (non-hydrogen) atoms. The van der Waals surface area contributed by atoms with Gasteiger partial charge in [0.15, 0.2) is 5.78 Å². The fourth-order valence-electron chi connectivity index (χ4n) is 9.40. The Labute approximate surface area is 392 Å². The molecule has 0 spiro atoms. The summed E-state index contributed by atoms with van der Waals surface area (Å²) in [6.07, 6.45) is -0.330. The van der Waals surface area contributed by atoms with Crippen molar-refractivity contribution in [3.63, 3.8) is 0 Å². The van der Waals surface area contributed by atoms with E-state index in [4.69, 9.17) is 26.3 Å². The van der Waals surface area contributed by atoms with Crippen LogP contribution in [0.1, 0.15) is 88.4 Å². The van der Waals surface area contributed by atoms with E-state index in [1.165, 1.54) is 4.90 Å². The molecule has 4 aromatic rings. The van der Waals surface area contributed by atoms with E-state index in [2.05, 4.69) is 55.8 Å². The van der Waals surface area contributed by atoms with Crippen molar-refractivity contribution in [2.75, 3.05) is 31.6 Å². The van der Waals surface area contributed by atoms with Crippen molar-refractivity contribution in [3.8, 4) is 29.0 Å². The number of nitrogens with one attached hydrogen (secondary N) is 3. The Morgan fingerprint density at radius 3 is 2.12 bits per heavy atom. The summed E-state index contributed by atoms with van der Waals surface area (Å²) >= 11 is 6.24. The molecule has 13 nitrogen and oxygen atoms in total. The number of nitriles is 2. The Hall–Kier alpha value is -6.25. The number of amides is 3. The molecular weight excluding hydrogens is 856 g/mol. The molecule has 2 aliphatic rings. The molecule has 0 unspecified atom stereocenters. The normalized spacial score (nSPS) is 19.9. The highest BCUT2D eigenvalue weighted by Crippen LogP contribution is 2.55. The summed E-state index contributed by atoms with van der Waals surface area (Å²) in [6.45, 7) is 14.1. The van der Waals surface area contributed by atoms with Crippen molar-refractivity contribution >= 4 is 40.8 Å². The second-order valence-electron chi connectivity index (χ2n) is 19.5. The number of aliphatic hydroxyl groups excluding tert-OH is 1. The monoisotopic (exact) mass is 914 g/mol. The minimum absolute atomic E-state index is 0.0000834. The Morgan fingerprint density at radius 2 is 1.53 bits per heavy atom. The molecule has 14 heteroatoms. The molecule has 1 heterocycles. The number of β-amino-alcohol motifs (C(OH)–C–C–N with tert-alkyl or cyclic N) is 1. The molecular formula is C52H59ClN6O7. The summed E-state index contributed by atoms with van der Waals surface area (Å²) in [4.78, 5) is 55.2. The lowest BCUT2D eigenvalue weighted by Crippen LogP contribution is -2.74. The molecule has 1 saturated carbocycles. The first kappa shape index (κ1) is 49.2. The largest absolute Gasteiger partial charge is 0.489 e. The zero-order valence-corrected chi connectivity index (χ0v) is 39.4. The van der Waals surface area contributed by atoms with Crippen LogP contribution in [0.25, 0.3) is 11.1 Å². The number of ether oxygens (including phenoxy) is 2. The molecule has 0 bridgehead atoms. The highest BCUT2D eigenvalue weighted by molar-refractivity contribution is 6.31. The van der Waals surface area contributed by atoms with Crippen LogP contribution in [0, 0.1) is 38.9 Å². The predicted molar refractivity (Wildman–Crippen MR) is 253 cm³/mol. The molecule has 3 atom stereocenters. The highest BCUT2D eigenvalue weighted by atomic mass is 35.5. The Kier molecular flexibility index (Phi) is 15.3. The molecule has 2 fully saturated rings. The number of aryl methyl sites for hydroxylation is 1. The number of carbonyl (C=O) groups excluding carboxylic acids is 4. The van der Waals surface area contributed by atoms with Gasteiger partial charge in [-0.1, -0.05) is 96.5 Å². The summed E-state index contributed by atoms with van der Waals surface area (Å²) in [7, 11) is 0. The van der Waals surface area contributed by atoms with Gasteiger partial charge in [0.05, 0.1) is 41.0 Å². The molecule has 3 amide bonds. The average Bonchev–Trinajstić information content (AvgIpc) is 3.69. The van der Waals surface area contributed by atoms with Gasteiger partial charge < -0.3 is 35.4 Å². The second-order valence-corrected chi connectivity index (χ2v) is 19.9. The summed E-state index contributed by atoms with van der Waals surface area (Å²) in [5.41, 5.74) is 3.64. The van der Waals surface area contributed by atoms with E-state index < -0.39 is 35.4 Å². The van der Waals surface area contributed by atoms with Gasteiger partial charge in [-0.15, -0.1) is 0 Å². The van der Waals surface area contributed by atoms with Gasteiger partial charge in [-0.3, -0.25) is 19.2 Å². The number of hydrogen-bond donors (Lipinski definition) is 4. The summed E-state index contributed by atoms with van der Waals surface area (Å²) < 4.78 is 12.0. The van der Waals surface area contributed by atoms with Crippen LogP contribution < -0.4 is 20.7 Å². The third-order valence-corrected chi connectivity index (χ3v) is 13.0. The van der Waals surface area contributed by atoms with Gasteiger partial charge in [0, 0.05) is 60.1 Å². The first-order chi connectivity index (χ1) is 31.2. The van der Waals surface area contributed by atoms with E-state index in [-0.39, 0.29) is 67.3 Å². The molecule has 4 N–H and O–H groups in total. The van der Waals surface area contributed by atoms with Crippen LogP contribution in [0.15, 0.2) is 91.0 Å². The average molecular weight is 916 g/mol. The van der Waals surface area contributed by atoms with Crippen LogP contribution in [0.2, 0.25) is 5.02 Å². The van der Waals surface area contributed by atoms with Crippen molar-refractivity contribution in [2.45, 2.75) is 98.1 Å². The van der Waals surface area contributed by atoms with Crippen molar-refractivity contribution in [2.24, 2.45) is 16.2 Å².